The van der Waals surface area contributed by atoms with E-state index in [4.69, 9.17) is 16.7 Å². The van der Waals surface area contributed by atoms with E-state index < -0.39 is 11.8 Å². The number of carbonyl (C=O) groups is 1. The standard InChI is InChI=1S/C11H7ClFN3O2/c12-9-5-6(11(17)18)10(16-15-9)14-8-4-2-1-3-7(8)13/h1-5H,(H,14,16)(H,17,18). The van der Waals surface area contributed by atoms with E-state index in [9.17, 15) is 9.18 Å². The molecule has 1 heterocycles. The van der Waals surface area contributed by atoms with Crippen molar-refractivity contribution in [1.29, 1.82) is 0 Å². The number of nitrogens with one attached hydrogen (secondary N) is 1. The van der Waals surface area contributed by atoms with Crippen molar-refractivity contribution in [3.05, 3.63) is 46.9 Å². The lowest BCUT2D eigenvalue weighted by atomic mass is 10.2. The number of halogens is 2. The smallest absolute Gasteiger partial charge is 0.339 e. The van der Waals surface area contributed by atoms with Crippen LogP contribution >= 0.6 is 11.6 Å². The number of aromatic nitrogens is 2. The monoisotopic (exact) mass is 267 g/mol. The molecule has 1 aromatic carbocycles. The molecule has 7 heteroatoms. The van der Waals surface area contributed by atoms with Gasteiger partial charge in [0.2, 0.25) is 0 Å². The quantitative estimate of drug-likeness (QED) is 0.894. The molecule has 2 aromatic rings. The number of benzene rings is 1. The molecule has 0 spiro atoms. The Labute approximate surface area is 106 Å². The minimum Gasteiger partial charge on any atom is -0.478 e. The first kappa shape index (κ1) is 12.3. The fourth-order valence-corrected chi connectivity index (χ4v) is 1.46. The molecule has 18 heavy (non-hydrogen) atoms. The van der Waals surface area contributed by atoms with E-state index in [1.807, 2.05) is 0 Å². The van der Waals surface area contributed by atoms with Crippen molar-refractivity contribution < 1.29 is 14.3 Å². The highest BCUT2D eigenvalue weighted by Crippen LogP contribution is 2.22. The zero-order valence-corrected chi connectivity index (χ0v) is 9.65. The molecular weight excluding hydrogens is 261 g/mol. The van der Waals surface area contributed by atoms with Crippen molar-refractivity contribution in [2.45, 2.75) is 0 Å². The van der Waals surface area contributed by atoms with Crippen LogP contribution in [0.3, 0.4) is 0 Å². The van der Waals surface area contributed by atoms with Crippen LogP contribution in [0, 0.1) is 5.82 Å². The van der Waals surface area contributed by atoms with Gasteiger partial charge in [-0.2, -0.15) is 0 Å². The molecule has 0 aliphatic carbocycles. The molecule has 0 amide bonds. The van der Waals surface area contributed by atoms with Crippen LogP contribution in [0.1, 0.15) is 10.4 Å². The highest BCUT2D eigenvalue weighted by molar-refractivity contribution is 6.29. The van der Waals surface area contributed by atoms with Gasteiger partial charge in [0.25, 0.3) is 0 Å². The van der Waals surface area contributed by atoms with Crippen LogP contribution < -0.4 is 5.32 Å². The second-order valence-electron chi connectivity index (χ2n) is 3.34. The third-order valence-electron chi connectivity index (χ3n) is 2.12. The highest BCUT2D eigenvalue weighted by atomic mass is 35.5. The molecule has 0 unspecified atom stereocenters. The molecule has 1 aromatic heterocycles. The van der Waals surface area contributed by atoms with Gasteiger partial charge >= 0.3 is 5.97 Å². The highest BCUT2D eigenvalue weighted by Gasteiger charge is 2.14. The Bertz CT molecular complexity index is 607. The third-order valence-corrected chi connectivity index (χ3v) is 2.31. The summed E-state index contributed by atoms with van der Waals surface area (Å²) in [4.78, 5) is 11.0. The molecule has 5 nitrogen and oxygen atoms in total. The molecule has 92 valence electrons. The van der Waals surface area contributed by atoms with E-state index in [1.54, 1.807) is 6.07 Å². The van der Waals surface area contributed by atoms with Crippen molar-refractivity contribution in [3.8, 4) is 0 Å². The Morgan fingerprint density at radius 1 is 1.33 bits per heavy atom. The van der Waals surface area contributed by atoms with Gasteiger partial charge in [-0.1, -0.05) is 23.7 Å². The number of para-hydroxylation sites is 1. The predicted molar refractivity (Wildman–Crippen MR) is 63.7 cm³/mol. The number of anilines is 2. The lowest BCUT2D eigenvalue weighted by Crippen LogP contribution is -2.07. The summed E-state index contributed by atoms with van der Waals surface area (Å²) in [6.07, 6.45) is 0. The summed E-state index contributed by atoms with van der Waals surface area (Å²) in [6, 6.07) is 6.96. The number of carboxylic acids is 1. The summed E-state index contributed by atoms with van der Waals surface area (Å²) >= 11 is 5.56. The first-order chi connectivity index (χ1) is 8.58. The van der Waals surface area contributed by atoms with E-state index in [0.717, 1.165) is 6.07 Å². The molecule has 0 saturated heterocycles. The molecule has 2 N–H and O–H groups in total. The van der Waals surface area contributed by atoms with E-state index in [-0.39, 0.29) is 22.2 Å². The van der Waals surface area contributed by atoms with Gasteiger partial charge in [-0.25, -0.2) is 9.18 Å². The Hall–Kier alpha value is -2.21. The van der Waals surface area contributed by atoms with Gasteiger partial charge in [-0.15, -0.1) is 10.2 Å². The summed E-state index contributed by atoms with van der Waals surface area (Å²) in [5.74, 6) is -1.83. The van der Waals surface area contributed by atoms with Crippen LogP contribution in [0.5, 0.6) is 0 Å². The van der Waals surface area contributed by atoms with Crippen molar-refractivity contribution in [1.82, 2.24) is 10.2 Å². The Balaban J connectivity index is 2.41. The van der Waals surface area contributed by atoms with Crippen molar-refractivity contribution in [2.24, 2.45) is 0 Å². The third kappa shape index (κ3) is 2.54. The maximum atomic E-state index is 13.4. The predicted octanol–water partition coefficient (Wildman–Crippen LogP) is 2.71. The molecule has 0 atom stereocenters. The van der Waals surface area contributed by atoms with Gasteiger partial charge in [0.05, 0.1) is 5.69 Å². The summed E-state index contributed by atoms with van der Waals surface area (Å²) in [7, 11) is 0. The maximum Gasteiger partial charge on any atom is 0.339 e. The van der Waals surface area contributed by atoms with Crippen molar-refractivity contribution >= 4 is 29.1 Å². The zero-order valence-electron chi connectivity index (χ0n) is 8.89. The van der Waals surface area contributed by atoms with Gasteiger partial charge in [0, 0.05) is 0 Å². The van der Waals surface area contributed by atoms with Crippen LogP contribution in [0.25, 0.3) is 0 Å². The first-order valence-electron chi connectivity index (χ1n) is 4.86. The minimum atomic E-state index is -1.23. The largest absolute Gasteiger partial charge is 0.478 e. The Morgan fingerprint density at radius 2 is 2.06 bits per heavy atom. The normalized spacial score (nSPS) is 10.1. The second kappa shape index (κ2) is 4.97. The lowest BCUT2D eigenvalue weighted by Gasteiger charge is -2.08. The van der Waals surface area contributed by atoms with Crippen LogP contribution in [-0.2, 0) is 0 Å². The summed E-state index contributed by atoms with van der Waals surface area (Å²) in [6.45, 7) is 0. The number of nitrogens with zero attached hydrogens (tertiary/aromatic N) is 2. The number of rotatable bonds is 3. The van der Waals surface area contributed by atoms with Crippen molar-refractivity contribution in [2.75, 3.05) is 5.32 Å². The molecule has 0 saturated carbocycles. The molecule has 0 bridgehead atoms. The average Bonchev–Trinajstić information content (AvgIpc) is 2.34. The average molecular weight is 268 g/mol. The van der Waals surface area contributed by atoms with Gasteiger partial charge in [0.1, 0.15) is 11.4 Å². The topological polar surface area (TPSA) is 75.1 Å². The maximum absolute atomic E-state index is 13.4. The number of hydrogen-bond acceptors (Lipinski definition) is 4. The Morgan fingerprint density at radius 3 is 2.72 bits per heavy atom. The fraction of sp³-hybridized carbons (Fsp3) is 0. The van der Waals surface area contributed by atoms with Crippen LogP contribution in [0.4, 0.5) is 15.9 Å². The van der Waals surface area contributed by atoms with Crippen LogP contribution in [0.2, 0.25) is 5.15 Å². The number of hydrogen-bond donors (Lipinski definition) is 2. The zero-order chi connectivity index (χ0) is 13.1. The summed E-state index contributed by atoms with van der Waals surface area (Å²) in [5.41, 5.74) is -0.0742. The van der Waals surface area contributed by atoms with Crippen LogP contribution in [-0.4, -0.2) is 21.3 Å². The first-order valence-corrected chi connectivity index (χ1v) is 5.24. The van der Waals surface area contributed by atoms with E-state index in [1.165, 1.54) is 18.2 Å². The molecule has 0 aliphatic rings. The summed E-state index contributed by atoms with van der Waals surface area (Å²) in [5, 5.41) is 18.6. The molecule has 0 radical (unpaired) electrons. The van der Waals surface area contributed by atoms with Crippen molar-refractivity contribution in [3.63, 3.8) is 0 Å². The van der Waals surface area contributed by atoms with E-state index >= 15 is 0 Å². The van der Waals surface area contributed by atoms with E-state index in [2.05, 4.69) is 15.5 Å². The van der Waals surface area contributed by atoms with Gasteiger partial charge in [-0.3, -0.25) is 0 Å². The molecular formula is C11H7ClFN3O2. The number of carboxylic acid groups (broad SMARTS) is 1. The van der Waals surface area contributed by atoms with Gasteiger partial charge < -0.3 is 10.4 Å². The van der Waals surface area contributed by atoms with Crippen LogP contribution in [0.15, 0.2) is 30.3 Å². The lowest BCUT2D eigenvalue weighted by molar-refractivity contribution is 0.0697. The molecule has 0 aliphatic heterocycles. The second-order valence-corrected chi connectivity index (χ2v) is 3.73. The Kier molecular flexibility index (Phi) is 3.38. The minimum absolute atomic E-state index is 0.0496. The fourth-order valence-electron chi connectivity index (χ4n) is 1.31. The molecule has 0 fully saturated rings. The molecule has 2 rings (SSSR count). The van der Waals surface area contributed by atoms with E-state index in [0.29, 0.717) is 0 Å². The van der Waals surface area contributed by atoms with Gasteiger partial charge in [0.15, 0.2) is 11.0 Å². The summed E-state index contributed by atoms with van der Waals surface area (Å²) < 4.78 is 13.4. The SMILES string of the molecule is O=C(O)c1cc(Cl)nnc1Nc1ccccc1F. The number of aromatic carboxylic acids is 1. The van der Waals surface area contributed by atoms with Gasteiger partial charge in [-0.05, 0) is 18.2 Å².